The Balaban J connectivity index is 2.65. The van der Waals surface area contributed by atoms with Crippen molar-refractivity contribution >= 4 is 5.57 Å². The molecule has 0 heteroatoms. The van der Waals surface area contributed by atoms with Crippen LogP contribution in [0.2, 0.25) is 0 Å². The molecule has 0 nitrogen and oxygen atoms in total. The van der Waals surface area contributed by atoms with Crippen molar-refractivity contribution < 1.29 is 0 Å². The van der Waals surface area contributed by atoms with Gasteiger partial charge in [0.1, 0.15) is 0 Å². The van der Waals surface area contributed by atoms with Gasteiger partial charge in [-0.3, -0.25) is 0 Å². The minimum atomic E-state index is 1.27. The molecule has 0 N–H and O–H groups in total. The zero-order chi connectivity index (χ0) is 13.7. The Morgan fingerprint density at radius 2 is 1.16 bits per heavy atom. The second kappa shape index (κ2) is 6.19. The highest BCUT2D eigenvalue weighted by Gasteiger charge is 2.09. The van der Waals surface area contributed by atoms with Crippen molar-refractivity contribution in [3.8, 4) is 0 Å². The Bertz CT molecular complexity index is 545. The standard InChI is InChI=1S/C19H20/c1-4-15(2)16(3)19(17-11-7-5-8-12-17)18-13-9-6-10-14-18/h4-14H,1-3H3/b15-4+. The van der Waals surface area contributed by atoms with Crippen LogP contribution in [0.5, 0.6) is 0 Å². The van der Waals surface area contributed by atoms with Gasteiger partial charge in [0, 0.05) is 0 Å². The lowest BCUT2D eigenvalue weighted by Crippen LogP contribution is -1.93. The number of hydrogen-bond donors (Lipinski definition) is 0. The van der Waals surface area contributed by atoms with Crippen LogP contribution in [0, 0.1) is 0 Å². The summed E-state index contributed by atoms with van der Waals surface area (Å²) in [6.45, 7) is 6.46. The van der Waals surface area contributed by atoms with Crippen LogP contribution < -0.4 is 0 Å². The molecule has 19 heavy (non-hydrogen) atoms. The summed E-state index contributed by atoms with van der Waals surface area (Å²) in [6.07, 6.45) is 2.17. The Morgan fingerprint density at radius 1 is 0.737 bits per heavy atom. The van der Waals surface area contributed by atoms with E-state index in [0.717, 1.165) is 0 Å². The number of allylic oxidation sites excluding steroid dienone is 3. The third-order valence-corrected chi connectivity index (χ3v) is 3.52. The highest BCUT2D eigenvalue weighted by molar-refractivity contribution is 5.84. The number of hydrogen-bond acceptors (Lipinski definition) is 0. The lowest BCUT2D eigenvalue weighted by Gasteiger charge is -2.14. The Hall–Kier alpha value is -2.08. The lowest BCUT2D eigenvalue weighted by atomic mass is 9.91. The molecule has 0 saturated carbocycles. The summed E-state index contributed by atoms with van der Waals surface area (Å²) < 4.78 is 0. The molecule has 0 atom stereocenters. The topological polar surface area (TPSA) is 0 Å². The summed E-state index contributed by atoms with van der Waals surface area (Å²) in [5, 5.41) is 0. The van der Waals surface area contributed by atoms with Gasteiger partial charge in [-0.1, -0.05) is 72.3 Å². The molecule has 0 heterocycles. The van der Waals surface area contributed by atoms with Gasteiger partial charge in [-0.05, 0) is 43.0 Å². The van der Waals surface area contributed by atoms with Crippen molar-refractivity contribution in [3.63, 3.8) is 0 Å². The van der Waals surface area contributed by atoms with E-state index in [9.17, 15) is 0 Å². The maximum atomic E-state index is 2.20. The first kappa shape index (κ1) is 13.4. The largest absolute Gasteiger partial charge is 0.0844 e. The Kier molecular flexibility index (Phi) is 4.35. The van der Waals surface area contributed by atoms with Crippen molar-refractivity contribution in [1.29, 1.82) is 0 Å². The van der Waals surface area contributed by atoms with Gasteiger partial charge in [0.05, 0.1) is 0 Å². The van der Waals surface area contributed by atoms with Crippen LogP contribution >= 0.6 is 0 Å². The first-order valence-electron chi connectivity index (χ1n) is 6.69. The van der Waals surface area contributed by atoms with Crippen LogP contribution in [0.4, 0.5) is 0 Å². The fourth-order valence-electron chi connectivity index (χ4n) is 2.22. The number of rotatable bonds is 3. The molecule has 0 unspecified atom stereocenters. The molecule has 0 spiro atoms. The zero-order valence-corrected chi connectivity index (χ0v) is 11.9. The van der Waals surface area contributed by atoms with Gasteiger partial charge in [-0.2, -0.15) is 0 Å². The Morgan fingerprint density at radius 3 is 1.53 bits per heavy atom. The average Bonchev–Trinajstić information content (AvgIpc) is 2.49. The predicted molar refractivity (Wildman–Crippen MR) is 84.0 cm³/mol. The van der Waals surface area contributed by atoms with Crippen LogP contribution in [0.1, 0.15) is 31.9 Å². The van der Waals surface area contributed by atoms with Crippen LogP contribution in [-0.4, -0.2) is 0 Å². The summed E-state index contributed by atoms with van der Waals surface area (Å²) in [7, 11) is 0. The minimum Gasteiger partial charge on any atom is -0.0844 e. The molecule has 0 amide bonds. The van der Waals surface area contributed by atoms with Gasteiger partial charge in [0.15, 0.2) is 0 Å². The van der Waals surface area contributed by atoms with E-state index in [4.69, 9.17) is 0 Å². The van der Waals surface area contributed by atoms with Crippen molar-refractivity contribution in [1.82, 2.24) is 0 Å². The smallest absolute Gasteiger partial charge is 0.00796 e. The molecule has 0 bridgehead atoms. The van der Waals surface area contributed by atoms with E-state index >= 15 is 0 Å². The van der Waals surface area contributed by atoms with E-state index in [-0.39, 0.29) is 0 Å². The summed E-state index contributed by atoms with van der Waals surface area (Å²) in [5.41, 5.74) is 6.51. The first-order valence-corrected chi connectivity index (χ1v) is 6.69. The van der Waals surface area contributed by atoms with E-state index in [2.05, 4.69) is 87.5 Å². The third kappa shape index (κ3) is 3.03. The molecule has 0 aliphatic heterocycles. The van der Waals surface area contributed by atoms with Crippen molar-refractivity contribution in [2.45, 2.75) is 20.8 Å². The fourth-order valence-corrected chi connectivity index (χ4v) is 2.22. The van der Waals surface area contributed by atoms with E-state index < -0.39 is 0 Å². The van der Waals surface area contributed by atoms with Crippen molar-refractivity contribution in [3.05, 3.63) is 89.0 Å². The van der Waals surface area contributed by atoms with Gasteiger partial charge in [-0.25, -0.2) is 0 Å². The number of benzene rings is 2. The van der Waals surface area contributed by atoms with E-state index in [1.165, 1.54) is 27.8 Å². The molecule has 2 rings (SSSR count). The zero-order valence-electron chi connectivity index (χ0n) is 11.9. The molecule has 2 aromatic rings. The third-order valence-electron chi connectivity index (χ3n) is 3.52. The van der Waals surface area contributed by atoms with Crippen molar-refractivity contribution in [2.75, 3.05) is 0 Å². The van der Waals surface area contributed by atoms with Crippen LogP contribution in [0.15, 0.2) is 77.9 Å². The van der Waals surface area contributed by atoms with Gasteiger partial charge < -0.3 is 0 Å². The molecular weight excluding hydrogens is 228 g/mol. The molecule has 0 radical (unpaired) electrons. The maximum absolute atomic E-state index is 2.20. The van der Waals surface area contributed by atoms with Crippen LogP contribution in [0.3, 0.4) is 0 Å². The lowest BCUT2D eigenvalue weighted by molar-refractivity contribution is 1.32. The van der Waals surface area contributed by atoms with E-state index in [1.54, 1.807) is 0 Å². The predicted octanol–water partition coefficient (Wildman–Crippen LogP) is 5.47. The molecule has 0 saturated heterocycles. The highest BCUT2D eigenvalue weighted by Crippen LogP contribution is 2.29. The molecular formula is C19H20. The fraction of sp³-hybridized carbons (Fsp3) is 0.158. The van der Waals surface area contributed by atoms with E-state index in [0.29, 0.717) is 0 Å². The highest BCUT2D eigenvalue weighted by atomic mass is 14.1. The molecule has 0 aliphatic rings. The van der Waals surface area contributed by atoms with Gasteiger partial charge in [-0.15, -0.1) is 0 Å². The molecule has 0 fully saturated rings. The maximum Gasteiger partial charge on any atom is -0.00796 e. The minimum absolute atomic E-state index is 1.27. The second-order valence-electron chi connectivity index (χ2n) is 4.70. The normalized spacial score (nSPS) is 11.2. The van der Waals surface area contributed by atoms with Crippen molar-refractivity contribution in [2.24, 2.45) is 0 Å². The molecule has 0 aliphatic carbocycles. The summed E-state index contributed by atoms with van der Waals surface area (Å²) >= 11 is 0. The molecule has 0 aromatic heterocycles. The first-order chi connectivity index (χ1) is 9.24. The quantitative estimate of drug-likeness (QED) is 0.631. The summed E-state index contributed by atoms with van der Waals surface area (Å²) in [6, 6.07) is 21.2. The van der Waals surface area contributed by atoms with Crippen LogP contribution in [0.25, 0.3) is 5.57 Å². The monoisotopic (exact) mass is 248 g/mol. The molecule has 2 aromatic carbocycles. The van der Waals surface area contributed by atoms with E-state index in [1.807, 2.05) is 0 Å². The van der Waals surface area contributed by atoms with Gasteiger partial charge >= 0.3 is 0 Å². The van der Waals surface area contributed by atoms with Crippen LogP contribution in [-0.2, 0) is 0 Å². The second-order valence-corrected chi connectivity index (χ2v) is 4.70. The van der Waals surface area contributed by atoms with Gasteiger partial charge in [0.25, 0.3) is 0 Å². The summed E-state index contributed by atoms with van der Waals surface area (Å²) in [4.78, 5) is 0. The summed E-state index contributed by atoms with van der Waals surface area (Å²) in [5.74, 6) is 0. The Labute approximate surface area is 116 Å². The SMILES string of the molecule is C/C=C(\C)C(C)=C(c1ccccc1)c1ccccc1. The molecule has 96 valence electrons. The van der Waals surface area contributed by atoms with Gasteiger partial charge in [0.2, 0.25) is 0 Å². The average molecular weight is 248 g/mol.